The Balaban J connectivity index is 1.53. The smallest absolute Gasteiger partial charge is 0.250 e. The lowest BCUT2D eigenvalue weighted by Gasteiger charge is -2.38. The monoisotopic (exact) mass is 525 g/mol. The van der Waals surface area contributed by atoms with Crippen LogP contribution in [0.15, 0.2) is 48.5 Å². The minimum absolute atomic E-state index is 0.129. The number of aryl methyl sites for hydroxylation is 1. The van der Waals surface area contributed by atoms with Gasteiger partial charge in [0, 0.05) is 5.69 Å². The van der Waals surface area contributed by atoms with Gasteiger partial charge in [-0.3, -0.25) is 14.4 Å². The number of amides is 3. The third kappa shape index (κ3) is 4.11. The normalized spacial score (nSPS) is 28.9. The van der Waals surface area contributed by atoms with E-state index in [0.717, 1.165) is 5.56 Å². The molecule has 6 atom stereocenters. The number of halogens is 1. The van der Waals surface area contributed by atoms with Crippen molar-refractivity contribution in [2.45, 2.75) is 57.4 Å². The molecule has 3 heterocycles. The molecule has 3 aliphatic rings. The third-order valence-electron chi connectivity index (χ3n) is 8.11. The van der Waals surface area contributed by atoms with Crippen molar-refractivity contribution in [1.82, 2.24) is 4.90 Å². The highest BCUT2D eigenvalue weighted by Gasteiger charge is 2.75. The second kappa shape index (κ2) is 9.74. The van der Waals surface area contributed by atoms with Crippen molar-refractivity contribution in [3.8, 4) is 0 Å². The van der Waals surface area contributed by atoms with Crippen LogP contribution in [0.5, 0.6) is 0 Å². The van der Waals surface area contributed by atoms with Crippen LogP contribution in [0.25, 0.3) is 0 Å². The zero-order chi connectivity index (χ0) is 26.5. The number of benzene rings is 2. The summed E-state index contributed by atoms with van der Waals surface area (Å²) in [5.74, 6) is -2.77. The summed E-state index contributed by atoms with van der Waals surface area (Å²) in [6.45, 7) is 5.31. The first kappa shape index (κ1) is 25.7. The molecule has 2 bridgehead atoms. The molecule has 3 saturated heterocycles. The van der Waals surface area contributed by atoms with Crippen LogP contribution in [0, 0.1) is 24.7 Å². The molecule has 5 rings (SSSR count). The Morgan fingerprint density at radius 1 is 1.14 bits per heavy atom. The van der Waals surface area contributed by atoms with Crippen LogP contribution < -0.4 is 10.6 Å². The van der Waals surface area contributed by atoms with Crippen molar-refractivity contribution in [2.75, 3.05) is 17.2 Å². The number of aliphatic hydroxyl groups is 1. The van der Waals surface area contributed by atoms with Crippen LogP contribution in [-0.2, 0) is 19.1 Å². The van der Waals surface area contributed by atoms with Crippen molar-refractivity contribution < 1.29 is 24.2 Å². The topological polar surface area (TPSA) is 108 Å². The number of nitrogens with one attached hydrogen (secondary N) is 2. The van der Waals surface area contributed by atoms with Crippen LogP contribution in [-0.4, -0.2) is 58.1 Å². The molecule has 37 heavy (non-hydrogen) atoms. The molecule has 3 fully saturated rings. The van der Waals surface area contributed by atoms with Crippen molar-refractivity contribution >= 4 is 40.7 Å². The number of fused-ring (bicyclic) bond motifs is 1. The molecule has 0 saturated carbocycles. The highest BCUT2D eigenvalue weighted by Crippen LogP contribution is 2.59. The lowest BCUT2D eigenvalue weighted by Crippen LogP contribution is -2.57. The van der Waals surface area contributed by atoms with Gasteiger partial charge in [-0.15, -0.1) is 0 Å². The number of aliphatic hydroxyl groups excluding tert-OH is 1. The van der Waals surface area contributed by atoms with Gasteiger partial charge in [-0.1, -0.05) is 55.8 Å². The van der Waals surface area contributed by atoms with Gasteiger partial charge in [-0.05, 0) is 49.4 Å². The number of hydrogen-bond acceptors (Lipinski definition) is 5. The van der Waals surface area contributed by atoms with E-state index in [4.69, 9.17) is 16.3 Å². The molecule has 3 aliphatic heterocycles. The first-order valence-electron chi connectivity index (χ1n) is 12.7. The number of para-hydroxylation sites is 2. The van der Waals surface area contributed by atoms with Crippen LogP contribution in [0.4, 0.5) is 11.4 Å². The fourth-order valence-corrected chi connectivity index (χ4v) is 6.67. The number of anilines is 2. The number of nitrogens with zero attached hydrogens (tertiary/aromatic N) is 1. The summed E-state index contributed by atoms with van der Waals surface area (Å²) in [5.41, 5.74) is 0.718. The summed E-state index contributed by atoms with van der Waals surface area (Å²) in [6.07, 6.45) is 0.559. The minimum Gasteiger partial charge on any atom is -0.394 e. The molecule has 2 aromatic rings. The maximum Gasteiger partial charge on any atom is 0.250 e. The van der Waals surface area contributed by atoms with Gasteiger partial charge in [0.05, 0.1) is 41.3 Å². The van der Waals surface area contributed by atoms with Gasteiger partial charge in [-0.2, -0.15) is 0 Å². The minimum atomic E-state index is -1.16. The Morgan fingerprint density at radius 3 is 2.51 bits per heavy atom. The third-order valence-corrected chi connectivity index (χ3v) is 8.43. The molecule has 196 valence electrons. The van der Waals surface area contributed by atoms with Gasteiger partial charge in [0.15, 0.2) is 0 Å². The van der Waals surface area contributed by atoms with E-state index in [9.17, 15) is 19.5 Å². The molecule has 9 heteroatoms. The van der Waals surface area contributed by atoms with E-state index < -0.39 is 41.5 Å². The molecule has 2 unspecified atom stereocenters. The quantitative estimate of drug-likeness (QED) is 0.512. The predicted octanol–water partition coefficient (Wildman–Crippen LogP) is 3.62. The summed E-state index contributed by atoms with van der Waals surface area (Å²) in [4.78, 5) is 43.0. The van der Waals surface area contributed by atoms with Crippen LogP contribution in [0.3, 0.4) is 0 Å². The highest BCUT2D eigenvalue weighted by molar-refractivity contribution is 6.34. The molecule has 3 amide bonds. The zero-order valence-corrected chi connectivity index (χ0v) is 21.9. The molecule has 0 radical (unpaired) electrons. The van der Waals surface area contributed by atoms with Crippen LogP contribution in [0.2, 0.25) is 5.02 Å². The highest BCUT2D eigenvalue weighted by atomic mass is 35.5. The zero-order valence-electron chi connectivity index (χ0n) is 21.1. The van der Waals surface area contributed by atoms with Crippen molar-refractivity contribution in [1.29, 1.82) is 0 Å². The number of rotatable bonds is 7. The van der Waals surface area contributed by atoms with Gasteiger partial charge in [0.1, 0.15) is 11.6 Å². The van der Waals surface area contributed by atoms with E-state index in [-0.39, 0.29) is 24.3 Å². The molecular formula is C28H32ClN3O5. The Hall–Kier alpha value is -2.94. The Kier molecular flexibility index (Phi) is 6.77. The number of ether oxygens (including phenoxy) is 1. The fourth-order valence-electron chi connectivity index (χ4n) is 6.40. The van der Waals surface area contributed by atoms with E-state index in [1.54, 1.807) is 24.3 Å². The summed E-state index contributed by atoms with van der Waals surface area (Å²) in [7, 11) is 0. The first-order chi connectivity index (χ1) is 17.7. The molecular weight excluding hydrogens is 494 g/mol. The summed E-state index contributed by atoms with van der Waals surface area (Å²) >= 11 is 6.40. The summed E-state index contributed by atoms with van der Waals surface area (Å²) < 4.78 is 6.46. The van der Waals surface area contributed by atoms with Crippen LogP contribution >= 0.6 is 11.6 Å². The summed E-state index contributed by atoms with van der Waals surface area (Å²) in [5, 5.41) is 16.5. The standard InChI is InChI=1S/C28H32ClN3O5/c1-15(2)19(14-33)32-24(26(35)31-23-16(3)8-7-11-18(23)29)28-13-12-20(37-28)21(22(28)27(32)36)25(34)30-17-9-5-4-6-10-17/h4-11,15,19-22,24,33H,12-14H2,1-3H3,(H,30,34)(H,31,35)/t19-,20+,21-,22-,24?,28?/m0/s1. The second-order valence-electron chi connectivity index (χ2n) is 10.6. The van der Waals surface area contributed by atoms with E-state index in [0.29, 0.717) is 29.2 Å². The SMILES string of the molecule is Cc1cccc(Cl)c1NC(=O)C1N([C@@H](CO)C(C)C)C(=O)[C@@H]2[C@@H](C(=O)Nc3ccccc3)[C@H]3CCC12O3. The van der Waals surface area contributed by atoms with Gasteiger partial charge < -0.3 is 25.4 Å². The average molecular weight is 526 g/mol. The van der Waals surface area contributed by atoms with Gasteiger partial charge >= 0.3 is 0 Å². The van der Waals surface area contributed by atoms with E-state index >= 15 is 0 Å². The Bertz CT molecular complexity index is 1200. The fraction of sp³-hybridized carbons (Fsp3) is 0.464. The number of carbonyl (C=O) groups is 3. The largest absolute Gasteiger partial charge is 0.394 e. The first-order valence-corrected chi connectivity index (χ1v) is 13.1. The van der Waals surface area contributed by atoms with Gasteiger partial charge in [0.2, 0.25) is 17.7 Å². The lowest BCUT2D eigenvalue weighted by atomic mass is 9.70. The molecule has 1 spiro atoms. The van der Waals surface area contributed by atoms with Crippen molar-refractivity contribution in [3.05, 3.63) is 59.1 Å². The van der Waals surface area contributed by atoms with E-state index in [2.05, 4.69) is 10.6 Å². The predicted molar refractivity (Wildman–Crippen MR) is 140 cm³/mol. The maximum absolute atomic E-state index is 14.1. The van der Waals surface area contributed by atoms with Crippen molar-refractivity contribution in [2.24, 2.45) is 17.8 Å². The molecule has 2 aromatic carbocycles. The number of likely N-dealkylation sites (tertiary alicyclic amines) is 1. The molecule has 0 aliphatic carbocycles. The van der Waals surface area contributed by atoms with Gasteiger partial charge in [0.25, 0.3) is 0 Å². The number of carbonyl (C=O) groups excluding carboxylic acids is 3. The Labute approximate surface area is 221 Å². The number of hydrogen-bond donors (Lipinski definition) is 3. The van der Waals surface area contributed by atoms with Crippen LogP contribution in [0.1, 0.15) is 32.3 Å². The van der Waals surface area contributed by atoms with Gasteiger partial charge in [-0.25, -0.2) is 0 Å². The second-order valence-corrected chi connectivity index (χ2v) is 11.0. The lowest BCUT2D eigenvalue weighted by molar-refractivity contribution is -0.144. The Morgan fingerprint density at radius 2 is 1.86 bits per heavy atom. The van der Waals surface area contributed by atoms with E-state index in [1.807, 2.05) is 45.0 Å². The maximum atomic E-state index is 14.1. The summed E-state index contributed by atoms with van der Waals surface area (Å²) in [6, 6.07) is 12.8. The molecule has 3 N–H and O–H groups in total. The van der Waals surface area contributed by atoms with E-state index in [1.165, 1.54) is 4.90 Å². The molecule has 0 aromatic heterocycles. The average Bonchev–Trinajstić information content (AvgIpc) is 3.50. The molecule has 8 nitrogen and oxygen atoms in total. The van der Waals surface area contributed by atoms with Crippen molar-refractivity contribution in [3.63, 3.8) is 0 Å².